The van der Waals surface area contributed by atoms with Crippen molar-refractivity contribution in [3.63, 3.8) is 0 Å². The molecule has 0 aliphatic heterocycles. The summed E-state index contributed by atoms with van der Waals surface area (Å²) in [6.45, 7) is 0.0579. The number of aromatic amines is 1. The Labute approximate surface area is 105 Å². The Bertz CT molecular complexity index is 701. The van der Waals surface area contributed by atoms with Gasteiger partial charge < -0.3 is 15.8 Å². The average molecular weight is 238 g/mol. The molecule has 3 nitrogen and oxygen atoms in total. The van der Waals surface area contributed by atoms with E-state index in [1.165, 1.54) is 0 Å². The van der Waals surface area contributed by atoms with Gasteiger partial charge in [-0.3, -0.25) is 0 Å². The molecular weight excluding hydrogens is 224 g/mol. The van der Waals surface area contributed by atoms with Crippen molar-refractivity contribution in [1.82, 2.24) is 4.98 Å². The van der Waals surface area contributed by atoms with Crippen LogP contribution >= 0.6 is 0 Å². The number of hydrogen-bond acceptors (Lipinski definition) is 2. The van der Waals surface area contributed by atoms with Crippen LogP contribution in [0.1, 0.15) is 5.56 Å². The van der Waals surface area contributed by atoms with Gasteiger partial charge in [-0.15, -0.1) is 0 Å². The van der Waals surface area contributed by atoms with Crippen molar-refractivity contribution in [1.29, 1.82) is 0 Å². The molecule has 0 amide bonds. The highest BCUT2D eigenvalue weighted by Gasteiger charge is 2.04. The molecule has 0 radical (unpaired) electrons. The Morgan fingerprint density at radius 3 is 2.72 bits per heavy atom. The number of nitrogens with one attached hydrogen (secondary N) is 1. The fourth-order valence-electron chi connectivity index (χ4n) is 2.17. The van der Waals surface area contributed by atoms with Crippen LogP contribution in [0.3, 0.4) is 0 Å². The molecule has 0 aliphatic rings. The zero-order valence-corrected chi connectivity index (χ0v) is 9.85. The standard InChI is InChI=1S/C15H14N2O/c16-14-8-17-15-5-4-12(7-13(14)15)11-3-1-2-10(6-11)9-18/h1-8,17-18H,9,16H2. The van der Waals surface area contributed by atoms with Gasteiger partial charge in [0, 0.05) is 17.1 Å². The quantitative estimate of drug-likeness (QED) is 0.642. The van der Waals surface area contributed by atoms with Crippen LogP contribution in [-0.2, 0) is 6.61 Å². The predicted molar refractivity (Wildman–Crippen MR) is 74.1 cm³/mol. The van der Waals surface area contributed by atoms with Crippen molar-refractivity contribution >= 4 is 16.6 Å². The lowest BCUT2D eigenvalue weighted by Gasteiger charge is -2.04. The Balaban J connectivity index is 2.15. The topological polar surface area (TPSA) is 62.0 Å². The summed E-state index contributed by atoms with van der Waals surface area (Å²) in [6, 6.07) is 14.0. The molecule has 0 bridgehead atoms. The number of anilines is 1. The van der Waals surface area contributed by atoms with Crippen LogP contribution in [0.5, 0.6) is 0 Å². The molecule has 90 valence electrons. The first-order valence-electron chi connectivity index (χ1n) is 5.85. The van der Waals surface area contributed by atoms with Gasteiger partial charge in [-0.1, -0.05) is 24.3 Å². The van der Waals surface area contributed by atoms with Crippen LogP contribution in [0.25, 0.3) is 22.0 Å². The van der Waals surface area contributed by atoms with Gasteiger partial charge in [-0.05, 0) is 34.9 Å². The molecule has 2 aromatic carbocycles. The molecule has 0 saturated heterocycles. The fraction of sp³-hybridized carbons (Fsp3) is 0.0667. The van der Waals surface area contributed by atoms with Crippen LogP contribution < -0.4 is 5.73 Å². The number of nitrogen functional groups attached to an aromatic ring is 1. The second-order valence-electron chi connectivity index (χ2n) is 4.36. The van der Waals surface area contributed by atoms with Crippen LogP contribution in [0.15, 0.2) is 48.7 Å². The molecular formula is C15H14N2O. The SMILES string of the molecule is Nc1c[nH]c2ccc(-c3cccc(CO)c3)cc12. The first-order chi connectivity index (χ1) is 8.78. The minimum absolute atomic E-state index is 0.0579. The molecule has 18 heavy (non-hydrogen) atoms. The van der Waals surface area contributed by atoms with E-state index in [4.69, 9.17) is 10.8 Å². The first kappa shape index (κ1) is 10.9. The van der Waals surface area contributed by atoms with Crippen molar-refractivity contribution in [2.75, 3.05) is 5.73 Å². The van der Waals surface area contributed by atoms with Crippen LogP contribution in [0.2, 0.25) is 0 Å². The van der Waals surface area contributed by atoms with Crippen LogP contribution in [0, 0.1) is 0 Å². The summed E-state index contributed by atoms with van der Waals surface area (Å²) < 4.78 is 0. The third kappa shape index (κ3) is 1.75. The molecule has 0 fully saturated rings. The molecule has 0 atom stereocenters. The Morgan fingerprint density at radius 2 is 1.89 bits per heavy atom. The van der Waals surface area contributed by atoms with Crippen molar-refractivity contribution in [2.24, 2.45) is 0 Å². The van der Waals surface area contributed by atoms with Gasteiger partial charge in [-0.2, -0.15) is 0 Å². The van der Waals surface area contributed by atoms with Crippen molar-refractivity contribution in [2.45, 2.75) is 6.61 Å². The summed E-state index contributed by atoms with van der Waals surface area (Å²) in [5, 5.41) is 10.2. The van der Waals surface area contributed by atoms with Crippen LogP contribution in [-0.4, -0.2) is 10.1 Å². The van der Waals surface area contributed by atoms with Gasteiger partial charge in [0.05, 0.1) is 12.3 Å². The monoisotopic (exact) mass is 238 g/mol. The number of fused-ring (bicyclic) bond motifs is 1. The Kier molecular flexibility index (Phi) is 2.54. The van der Waals surface area contributed by atoms with E-state index in [2.05, 4.69) is 17.1 Å². The number of hydrogen-bond donors (Lipinski definition) is 3. The lowest BCUT2D eigenvalue weighted by molar-refractivity contribution is 0.282. The van der Waals surface area contributed by atoms with E-state index in [0.29, 0.717) is 0 Å². The summed E-state index contributed by atoms with van der Waals surface area (Å²) >= 11 is 0. The van der Waals surface area contributed by atoms with Crippen LogP contribution in [0.4, 0.5) is 5.69 Å². The molecule has 0 saturated carbocycles. The number of benzene rings is 2. The minimum atomic E-state index is 0.0579. The summed E-state index contributed by atoms with van der Waals surface area (Å²) in [5.41, 5.74) is 10.8. The summed E-state index contributed by atoms with van der Waals surface area (Å²) in [6.07, 6.45) is 1.80. The van der Waals surface area contributed by atoms with Crippen molar-refractivity contribution < 1.29 is 5.11 Å². The van der Waals surface area contributed by atoms with Gasteiger partial charge >= 0.3 is 0 Å². The zero-order chi connectivity index (χ0) is 12.5. The van der Waals surface area contributed by atoms with Crippen molar-refractivity contribution in [3.8, 4) is 11.1 Å². The highest BCUT2D eigenvalue weighted by Crippen LogP contribution is 2.27. The maximum atomic E-state index is 9.17. The van der Waals surface area contributed by atoms with E-state index in [-0.39, 0.29) is 6.61 Å². The maximum Gasteiger partial charge on any atom is 0.0682 e. The predicted octanol–water partition coefficient (Wildman–Crippen LogP) is 2.91. The molecule has 0 unspecified atom stereocenters. The van der Waals surface area contributed by atoms with Crippen molar-refractivity contribution in [3.05, 3.63) is 54.2 Å². The highest BCUT2D eigenvalue weighted by molar-refractivity contribution is 5.94. The summed E-state index contributed by atoms with van der Waals surface area (Å²) in [7, 11) is 0. The molecule has 3 heteroatoms. The van der Waals surface area contributed by atoms with E-state index in [9.17, 15) is 0 Å². The Hall–Kier alpha value is -2.26. The Morgan fingerprint density at radius 1 is 1.06 bits per heavy atom. The van der Waals surface area contributed by atoms with E-state index < -0.39 is 0 Å². The average Bonchev–Trinajstić information content (AvgIpc) is 2.80. The second-order valence-corrected chi connectivity index (χ2v) is 4.36. The molecule has 3 rings (SSSR count). The third-order valence-electron chi connectivity index (χ3n) is 3.16. The van der Waals surface area contributed by atoms with E-state index >= 15 is 0 Å². The first-order valence-corrected chi connectivity index (χ1v) is 5.85. The summed E-state index contributed by atoms with van der Waals surface area (Å²) in [5.74, 6) is 0. The molecule has 4 N–H and O–H groups in total. The second kappa shape index (κ2) is 4.20. The zero-order valence-electron chi connectivity index (χ0n) is 9.85. The lowest BCUT2D eigenvalue weighted by atomic mass is 10.0. The van der Waals surface area contributed by atoms with Gasteiger partial charge in [0.15, 0.2) is 0 Å². The molecule has 1 aromatic heterocycles. The van der Waals surface area contributed by atoms with E-state index in [1.807, 2.05) is 30.3 Å². The van der Waals surface area contributed by atoms with Gasteiger partial charge in [-0.25, -0.2) is 0 Å². The minimum Gasteiger partial charge on any atom is -0.397 e. The van der Waals surface area contributed by atoms with Gasteiger partial charge in [0.25, 0.3) is 0 Å². The number of rotatable bonds is 2. The number of aromatic nitrogens is 1. The molecule has 0 spiro atoms. The van der Waals surface area contributed by atoms with E-state index in [1.54, 1.807) is 6.20 Å². The number of aliphatic hydroxyl groups is 1. The maximum absolute atomic E-state index is 9.17. The normalized spacial score (nSPS) is 10.9. The smallest absolute Gasteiger partial charge is 0.0682 e. The highest BCUT2D eigenvalue weighted by atomic mass is 16.3. The summed E-state index contributed by atoms with van der Waals surface area (Å²) in [4.78, 5) is 3.12. The van der Waals surface area contributed by atoms with Gasteiger partial charge in [0.2, 0.25) is 0 Å². The van der Waals surface area contributed by atoms with E-state index in [0.717, 1.165) is 33.3 Å². The number of nitrogens with two attached hydrogens (primary N) is 1. The molecule has 1 heterocycles. The molecule has 3 aromatic rings. The lowest BCUT2D eigenvalue weighted by Crippen LogP contribution is -1.85. The third-order valence-corrected chi connectivity index (χ3v) is 3.16. The fourth-order valence-corrected chi connectivity index (χ4v) is 2.17. The van der Waals surface area contributed by atoms with Gasteiger partial charge in [0.1, 0.15) is 0 Å². The number of H-pyrrole nitrogens is 1. The molecule has 0 aliphatic carbocycles. The largest absolute Gasteiger partial charge is 0.397 e. The number of aliphatic hydroxyl groups excluding tert-OH is 1.